The molecular formula is C18H24N2O. The van der Waals surface area contributed by atoms with Crippen LogP contribution in [0.1, 0.15) is 30.5 Å². The molecule has 0 spiro atoms. The van der Waals surface area contributed by atoms with E-state index in [2.05, 4.69) is 43.1 Å². The number of ether oxygens (including phenoxy) is 1. The van der Waals surface area contributed by atoms with E-state index < -0.39 is 0 Å². The fourth-order valence-electron chi connectivity index (χ4n) is 2.54. The molecule has 112 valence electrons. The van der Waals surface area contributed by atoms with Crippen molar-refractivity contribution >= 4 is 5.69 Å². The Morgan fingerprint density at radius 1 is 1.10 bits per heavy atom. The average molecular weight is 284 g/mol. The standard InChI is InChI=1S/C18H24N2O/c1-4-16(19)15-10-6-7-11-17(15)20(2)13-14-9-5-8-12-18(14)21-3/h5-12,16H,4,13,19H2,1-3H3. The molecule has 0 heterocycles. The molecule has 2 N–H and O–H groups in total. The highest BCUT2D eigenvalue weighted by Crippen LogP contribution is 2.28. The second-order valence-electron chi connectivity index (χ2n) is 5.24. The van der Waals surface area contributed by atoms with Gasteiger partial charge in [0.25, 0.3) is 0 Å². The van der Waals surface area contributed by atoms with Crippen molar-refractivity contribution in [3.05, 3.63) is 59.7 Å². The molecule has 0 aliphatic heterocycles. The van der Waals surface area contributed by atoms with Gasteiger partial charge in [0.15, 0.2) is 0 Å². The number of hydrogen-bond acceptors (Lipinski definition) is 3. The molecule has 2 rings (SSSR count). The van der Waals surface area contributed by atoms with Gasteiger partial charge in [0.1, 0.15) is 5.75 Å². The fraction of sp³-hybridized carbons (Fsp3) is 0.333. The zero-order valence-corrected chi connectivity index (χ0v) is 13.0. The average Bonchev–Trinajstić information content (AvgIpc) is 2.54. The fourth-order valence-corrected chi connectivity index (χ4v) is 2.54. The van der Waals surface area contributed by atoms with Crippen LogP contribution in [-0.4, -0.2) is 14.2 Å². The molecule has 2 aromatic rings. The maximum atomic E-state index is 6.23. The zero-order chi connectivity index (χ0) is 15.2. The van der Waals surface area contributed by atoms with Crippen LogP contribution in [0.25, 0.3) is 0 Å². The van der Waals surface area contributed by atoms with E-state index in [1.165, 1.54) is 16.8 Å². The molecule has 0 fully saturated rings. The van der Waals surface area contributed by atoms with Crippen LogP contribution in [0.15, 0.2) is 48.5 Å². The van der Waals surface area contributed by atoms with Crippen LogP contribution in [-0.2, 0) is 6.54 Å². The topological polar surface area (TPSA) is 38.5 Å². The smallest absolute Gasteiger partial charge is 0.123 e. The van der Waals surface area contributed by atoms with E-state index in [9.17, 15) is 0 Å². The number of methoxy groups -OCH3 is 1. The van der Waals surface area contributed by atoms with E-state index in [-0.39, 0.29) is 6.04 Å². The molecule has 3 nitrogen and oxygen atoms in total. The minimum Gasteiger partial charge on any atom is -0.496 e. The lowest BCUT2D eigenvalue weighted by Gasteiger charge is -2.25. The third-order valence-electron chi connectivity index (χ3n) is 3.79. The van der Waals surface area contributed by atoms with Crippen LogP contribution in [0, 0.1) is 0 Å². The number of benzene rings is 2. The highest BCUT2D eigenvalue weighted by molar-refractivity contribution is 5.55. The van der Waals surface area contributed by atoms with Crippen molar-refractivity contribution in [3.63, 3.8) is 0 Å². The van der Waals surface area contributed by atoms with Crippen LogP contribution in [0.5, 0.6) is 5.75 Å². The van der Waals surface area contributed by atoms with Crippen molar-refractivity contribution in [2.24, 2.45) is 5.73 Å². The maximum Gasteiger partial charge on any atom is 0.123 e. The first-order valence-corrected chi connectivity index (χ1v) is 7.35. The van der Waals surface area contributed by atoms with Gasteiger partial charge < -0.3 is 15.4 Å². The monoisotopic (exact) mass is 284 g/mol. The number of anilines is 1. The number of rotatable bonds is 6. The summed E-state index contributed by atoms with van der Waals surface area (Å²) in [5, 5.41) is 0. The second kappa shape index (κ2) is 7.14. The van der Waals surface area contributed by atoms with Gasteiger partial charge in [-0.3, -0.25) is 0 Å². The third-order valence-corrected chi connectivity index (χ3v) is 3.79. The van der Waals surface area contributed by atoms with Crippen molar-refractivity contribution in [2.45, 2.75) is 25.9 Å². The zero-order valence-electron chi connectivity index (χ0n) is 13.0. The summed E-state index contributed by atoms with van der Waals surface area (Å²) < 4.78 is 5.43. The summed E-state index contributed by atoms with van der Waals surface area (Å²) in [7, 11) is 3.80. The Labute approximate surface area is 127 Å². The van der Waals surface area contributed by atoms with Crippen molar-refractivity contribution in [3.8, 4) is 5.75 Å². The van der Waals surface area contributed by atoms with Crippen molar-refractivity contribution in [1.82, 2.24) is 0 Å². The number of nitrogens with two attached hydrogens (primary N) is 1. The van der Waals surface area contributed by atoms with Gasteiger partial charge in [-0.2, -0.15) is 0 Å². The predicted octanol–water partition coefficient (Wildman–Crippen LogP) is 3.74. The van der Waals surface area contributed by atoms with Crippen LogP contribution >= 0.6 is 0 Å². The molecule has 0 radical (unpaired) electrons. The van der Waals surface area contributed by atoms with Gasteiger partial charge in [-0.15, -0.1) is 0 Å². The molecule has 0 aliphatic carbocycles. The van der Waals surface area contributed by atoms with Gasteiger partial charge in [-0.05, 0) is 24.1 Å². The molecule has 2 aromatic carbocycles. The summed E-state index contributed by atoms with van der Waals surface area (Å²) in [4.78, 5) is 2.22. The summed E-state index contributed by atoms with van der Waals surface area (Å²) in [6.45, 7) is 2.90. The van der Waals surface area contributed by atoms with Crippen LogP contribution in [0.2, 0.25) is 0 Å². The Hall–Kier alpha value is -2.00. The minimum absolute atomic E-state index is 0.0707. The van der Waals surface area contributed by atoms with Gasteiger partial charge >= 0.3 is 0 Å². The SMILES string of the molecule is CCC(N)c1ccccc1N(C)Cc1ccccc1OC. The molecular weight excluding hydrogens is 260 g/mol. The quantitative estimate of drug-likeness (QED) is 0.878. The molecule has 1 atom stereocenters. The highest BCUT2D eigenvalue weighted by atomic mass is 16.5. The first kappa shape index (κ1) is 15.4. The minimum atomic E-state index is 0.0707. The Kier molecular flexibility index (Phi) is 5.23. The second-order valence-corrected chi connectivity index (χ2v) is 5.24. The first-order valence-electron chi connectivity index (χ1n) is 7.35. The molecule has 0 aliphatic rings. The summed E-state index contributed by atoms with van der Waals surface area (Å²) in [5.74, 6) is 0.918. The molecule has 0 amide bonds. The van der Waals surface area contributed by atoms with Crippen LogP contribution in [0.3, 0.4) is 0 Å². The lowest BCUT2D eigenvalue weighted by atomic mass is 10.0. The molecule has 1 unspecified atom stereocenters. The van der Waals surface area contributed by atoms with E-state index in [4.69, 9.17) is 10.5 Å². The van der Waals surface area contributed by atoms with E-state index in [1.807, 2.05) is 24.3 Å². The molecule has 21 heavy (non-hydrogen) atoms. The Bertz CT molecular complexity index is 583. The number of hydrogen-bond donors (Lipinski definition) is 1. The Morgan fingerprint density at radius 3 is 2.48 bits per heavy atom. The number of para-hydroxylation sites is 2. The van der Waals surface area contributed by atoms with Gasteiger partial charge in [-0.25, -0.2) is 0 Å². The summed E-state index contributed by atoms with van der Waals surface area (Å²) in [5.41, 5.74) is 9.77. The van der Waals surface area contributed by atoms with Gasteiger partial charge in [-0.1, -0.05) is 43.3 Å². The van der Waals surface area contributed by atoms with Crippen molar-refractivity contribution in [1.29, 1.82) is 0 Å². The van der Waals surface area contributed by atoms with Gasteiger partial charge in [0.05, 0.1) is 7.11 Å². The van der Waals surface area contributed by atoms with Crippen LogP contribution in [0.4, 0.5) is 5.69 Å². The normalized spacial score (nSPS) is 12.0. The summed E-state index contributed by atoms with van der Waals surface area (Å²) in [6, 6.07) is 16.5. The maximum absolute atomic E-state index is 6.23. The summed E-state index contributed by atoms with van der Waals surface area (Å²) in [6.07, 6.45) is 0.930. The van der Waals surface area contributed by atoms with E-state index in [0.29, 0.717) is 0 Å². The van der Waals surface area contributed by atoms with Gasteiger partial charge in [0.2, 0.25) is 0 Å². The molecule has 0 aromatic heterocycles. The first-order chi connectivity index (χ1) is 10.2. The third kappa shape index (κ3) is 3.56. The molecule has 3 heteroatoms. The molecule has 0 saturated heterocycles. The molecule has 0 bridgehead atoms. The Balaban J connectivity index is 2.26. The number of nitrogens with zero attached hydrogens (tertiary/aromatic N) is 1. The lowest BCUT2D eigenvalue weighted by molar-refractivity contribution is 0.409. The van der Waals surface area contributed by atoms with Crippen molar-refractivity contribution < 1.29 is 4.74 Å². The molecule has 0 saturated carbocycles. The van der Waals surface area contributed by atoms with E-state index in [0.717, 1.165) is 18.7 Å². The highest BCUT2D eigenvalue weighted by Gasteiger charge is 2.13. The predicted molar refractivity (Wildman–Crippen MR) is 88.8 cm³/mol. The van der Waals surface area contributed by atoms with Crippen LogP contribution < -0.4 is 15.4 Å². The summed E-state index contributed by atoms with van der Waals surface area (Å²) >= 11 is 0. The van der Waals surface area contributed by atoms with Gasteiger partial charge in [0, 0.05) is 30.9 Å². The largest absolute Gasteiger partial charge is 0.496 e. The Morgan fingerprint density at radius 2 is 1.76 bits per heavy atom. The van der Waals surface area contributed by atoms with E-state index >= 15 is 0 Å². The lowest BCUT2D eigenvalue weighted by Crippen LogP contribution is -2.21. The van der Waals surface area contributed by atoms with Crippen molar-refractivity contribution in [2.75, 3.05) is 19.1 Å². The van der Waals surface area contributed by atoms with E-state index in [1.54, 1.807) is 7.11 Å².